The number of anilines is 2. The van der Waals surface area contributed by atoms with Crippen molar-refractivity contribution in [1.29, 1.82) is 0 Å². The van der Waals surface area contributed by atoms with Crippen LogP contribution in [0.15, 0.2) is 6.07 Å². The lowest BCUT2D eigenvalue weighted by Gasteiger charge is -2.35. The van der Waals surface area contributed by atoms with Gasteiger partial charge in [0.1, 0.15) is 11.5 Å². The number of aromatic nitrogens is 2. The lowest BCUT2D eigenvalue weighted by molar-refractivity contribution is -0.0587. The van der Waals surface area contributed by atoms with Crippen molar-refractivity contribution >= 4 is 17.7 Å². The molecule has 0 radical (unpaired) electrons. The highest BCUT2D eigenvalue weighted by Gasteiger charge is 2.28. The first kappa shape index (κ1) is 16.5. The minimum absolute atomic E-state index is 0.0381. The van der Waals surface area contributed by atoms with E-state index >= 15 is 0 Å². The fourth-order valence-electron chi connectivity index (χ4n) is 2.47. The number of morpholine rings is 1. The fraction of sp³-hybridized carbons (Fsp3) is 0.667. The van der Waals surface area contributed by atoms with Crippen molar-refractivity contribution in [3.63, 3.8) is 0 Å². The summed E-state index contributed by atoms with van der Waals surface area (Å²) < 4.78 is 5.68. The number of hydrogen-bond donors (Lipinski definition) is 0. The Morgan fingerprint density at radius 2 is 1.73 bits per heavy atom. The molecule has 0 aromatic carbocycles. The molecule has 1 amide bonds. The van der Waals surface area contributed by atoms with Gasteiger partial charge < -0.3 is 19.4 Å². The van der Waals surface area contributed by atoms with Crippen LogP contribution in [-0.2, 0) is 4.74 Å². The zero-order valence-corrected chi connectivity index (χ0v) is 14.2. The molecule has 7 heteroatoms. The molecule has 1 aromatic heterocycles. The Kier molecular flexibility index (Phi) is 4.85. The maximum atomic E-state index is 12.8. The number of carbonyl (C=O) groups is 1. The second kappa shape index (κ2) is 6.48. The average molecular weight is 307 g/mol. The Hall–Kier alpha value is -1.89. The minimum Gasteiger partial charge on any atom is -0.372 e. The molecule has 1 aromatic rings. The molecule has 0 saturated carbocycles. The highest BCUT2D eigenvalue weighted by atomic mass is 16.5. The van der Waals surface area contributed by atoms with Crippen molar-refractivity contribution in [2.45, 2.75) is 26.1 Å². The summed E-state index contributed by atoms with van der Waals surface area (Å²) in [6, 6.07) is 1.74. The predicted octanol–water partition coefficient (Wildman–Crippen LogP) is 0.858. The molecular weight excluding hydrogens is 282 g/mol. The predicted molar refractivity (Wildman–Crippen MR) is 86.6 cm³/mol. The smallest absolute Gasteiger partial charge is 0.272 e. The largest absolute Gasteiger partial charge is 0.372 e. The number of amides is 1. The van der Waals surface area contributed by atoms with Crippen LogP contribution in [0.1, 0.15) is 24.3 Å². The standard InChI is InChI=1S/C15H25N5O2/c1-10-8-20(9-11(2)22-10)14(21)12-7-13(18(3)4)17-15(16-12)19(5)6/h7,10-11H,8-9H2,1-6H3. The third kappa shape index (κ3) is 3.65. The number of ether oxygens (including phenoxy) is 1. The Balaban J connectivity index is 2.32. The quantitative estimate of drug-likeness (QED) is 0.825. The third-order valence-electron chi connectivity index (χ3n) is 3.48. The van der Waals surface area contributed by atoms with Crippen LogP contribution in [0.4, 0.5) is 11.8 Å². The highest BCUT2D eigenvalue weighted by Crippen LogP contribution is 2.18. The van der Waals surface area contributed by atoms with Gasteiger partial charge in [-0.05, 0) is 13.8 Å². The summed E-state index contributed by atoms with van der Waals surface area (Å²) in [5.41, 5.74) is 0.420. The molecule has 0 bridgehead atoms. The number of rotatable bonds is 3. The van der Waals surface area contributed by atoms with E-state index in [4.69, 9.17) is 4.74 Å². The molecule has 2 atom stereocenters. The van der Waals surface area contributed by atoms with Crippen LogP contribution >= 0.6 is 0 Å². The monoisotopic (exact) mass is 307 g/mol. The van der Waals surface area contributed by atoms with Crippen LogP contribution in [0.3, 0.4) is 0 Å². The summed E-state index contributed by atoms with van der Waals surface area (Å²) in [4.78, 5) is 27.1. The molecule has 1 fully saturated rings. The summed E-state index contributed by atoms with van der Waals surface area (Å²) in [5.74, 6) is 1.18. The van der Waals surface area contributed by atoms with Gasteiger partial charge in [0.05, 0.1) is 12.2 Å². The van der Waals surface area contributed by atoms with E-state index in [1.54, 1.807) is 15.9 Å². The lowest BCUT2D eigenvalue weighted by Crippen LogP contribution is -2.48. The number of hydrogen-bond acceptors (Lipinski definition) is 6. The van der Waals surface area contributed by atoms with Crippen molar-refractivity contribution < 1.29 is 9.53 Å². The van der Waals surface area contributed by atoms with Crippen LogP contribution in [0.5, 0.6) is 0 Å². The van der Waals surface area contributed by atoms with Crippen molar-refractivity contribution in [2.75, 3.05) is 51.1 Å². The van der Waals surface area contributed by atoms with Gasteiger partial charge >= 0.3 is 0 Å². The van der Waals surface area contributed by atoms with Crippen molar-refractivity contribution in [3.05, 3.63) is 11.8 Å². The van der Waals surface area contributed by atoms with Gasteiger partial charge in [0.15, 0.2) is 0 Å². The first-order valence-electron chi connectivity index (χ1n) is 7.46. The van der Waals surface area contributed by atoms with Crippen molar-refractivity contribution in [2.24, 2.45) is 0 Å². The van der Waals surface area contributed by atoms with Crippen LogP contribution in [0.25, 0.3) is 0 Å². The summed E-state index contributed by atoms with van der Waals surface area (Å²) in [5, 5.41) is 0. The van der Waals surface area contributed by atoms with Gasteiger partial charge in [-0.25, -0.2) is 4.98 Å². The lowest BCUT2D eigenvalue weighted by atomic mass is 10.2. The molecule has 0 N–H and O–H groups in total. The zero-order valence-electron chi connectivity index (χ0n) is 14.2. The van der Waals surface area contributed by atoms with Gasteiger partial charge in [0.25, 0.3) is 5.91 Å². The van der Waals surface area contributed by atoms with Crippen LogP contribution in [0.2, 0.25) is 0 Å². The maximum absolute atomic E-state index is 12.8. The molecule has 7 nitrogen and oxygen atoms in total. The Bertz CT molecular complexity index is 510. The van der Waals surface area contributed by atoms with E-state index in [0.717, 1.165) is 5.82 Å². The second-order valence-corrected chi connectivity index (χ2v) is 6.17. The normalized spacial score (nSPS) is 21.6. The summed E-state index contributed by atoms with van der Waals surface area (Å²) in [7, 11) is 7.52. The molecule has 1 aliphatic rings. The number of carbonyl (C=O) groups excluding carboxylic acids is 1. The van der Waals surface area contributed by atoms with E-state index in [1.165, 1.54) is 0 Å². The first-order chi connectivity index (χ1) is 10.3. The molecule has 1 saturated heterocycles. The van der Waals surface area contributed by atoms with Crippen molar-refractivity contribution in [1.82, 2.24) is 14.9 Å². The maximum Gasteiger partial charge on any atom is 0.272 e. The SMILES string of the molecule is CC1CN(C(=O)c2cc(N(C)C)nc(N(C)C)n2)CC(C)O1. The van der Waals surface area contributed by atoms with Gasteiger partial charge in [0, 0.05) is 47.3 Å². The summed E-state index contributed by atoms with van der Waals surface area (Å²) >= 11 is 0. The first-order valence-corrected chi connectivity index (χ1v) is 7.46. The van der Waals surface area contributed by atoms with E-state index in [-0.39, 0.29) is 18.1 Å². The molecule has 22 heavy (non-hydrogen) atoms. The van der Waals surface area contributed by atoms with E-state index in [1.807, 2.05) is 46.9 Å². The third-order valence-corrected chi connectivity index (χ3v) is 3.48. The molecule has 122 valence electrons. The molecule has 2 heterocycles. The molecule has 0 aliphatic carbocycles. The minimum atomic E-state index is -0.0735. The topological polar surface area (TPSA) is 61.8 Å². The summed E-state index contributed by atoms with van der Waals surface area (Å²) in [6.07, 6.45) is 0.0763. The van der Waals surface area contributed by atoms with Crippen LogP contribution in [0, 0.1) is 0 Å². The van der Waals surface area contributed by atoms with Gasteiger partial charge in [-0.2, -0.15) is 4.98 Å². The molecule has 2 unspecified atom stereocenters. The van der Waals surface area contributed by atoms with Gasteiger partial charge in [-0.1, -0.05) is 0 Å². The Morgan fingerprint density at radius 1 is 1.14 bits per heavy atom. The Labute approximate surface area is 131 Å². The molecule has 1 aliphatic heterocycles. The second-order valence-electron chi connectivity index (χ2n) is 6.17. The van der Waals surface area contributed by atoms with Crippen molar-refractivity contribution in [3.8, 4) is 0 Å². The van der Waals surface area contributed by atoms with E-state index in [0.29, 0.717) is 24.7 Å². The zero-order chi connectivity index (χ0) is 16.4. The molecule has 0 spiro atoms. The van der Waals surface area contributed by atoms with Gasteiger partial charge in [0.2, 0.25) is 5.95 Å². The Morgan fingerprint density at radius 3 is 2.23 bits per heavy atom. The summed E-state index contributed by atoms with van der Waals surface area (Å²) in [6.45, 7) is 5.13. The highest BCUT2D eigenvalue weighted by molar-refractivity contribution is 5.93. The van der Waals surface area contributed by atoms with Crippen LogP contribution < -0.4 is 9.80 Å². The molecule has 2 rings (SSSR count). The van der Waals surface area contributed by atoms with Crippen LogP contribution in [-0.4, -0.2) is 74.3 Å². The van der Waals surface area contributed by atoms with E-state index < -0.39 is 0 Å². The van der Waals surface area contributed by atoms with E-state index in [2.05, 4.69) is 9.97 Å². The number of nitrogens with zero attached hydrogens (tertiary/aromatic N) is 5. The van der Waals surface area contributed by atoms with Gasteiger partial charge in [-0.3, -0.25) is 4.79 Å². The molecular formula is C15H25N5O2. The van der Waals surface area contributed by atoms with E-state index in [9.17, 15) is 4.79 Å². The average Bonchev–Trinajstić information content (AvgIpc) is 2.44. The van der Waals surface area contributed by atoms with Gasteiger partial charge in [-0.15, -0.1) is 0 Å². The fourth-order valence-corrected chi connectivity index (χ4v) is 2.47.